The van der Waals surface area contributed by atoms with E-state index in [0.29, 0.717) is 0 Å². The van der Waals surface area contributed by atoms with Gasteiger partial charge in [0.25, 0.3) is 0 Å². The smallest absolute Gasteiger partial charge is 0.322 e. The van der Waals surface area contributed by atoms with Gasteiger partial charge in [-0.3, -0.25) is 33.8 Å². The number of carbonyl (C=O) groups excluding carboxylic acids is 4. The van der Waals surface area contributed by atoms with Crippen molar-refractivity contribution in [2.45, 2.75) is 50.2 Å². The SMILES string of the molecule is NC(=O)CC(NC(=O)C(N)CCC(=O)O)C(=O)NC(CCCN=C(N)N)C(=O)NCC(=O)O. The van der Waals surface area contributed by atoms with Gasteiger partial charge < -0.3 is 49.1 Å². The molecular weight excluding hydrogens is 444 g/mol. The molecule has 0 radical (unpaired) electrons. The Kier molecular flexibility index (Phi) is 13.2. The summed E-state index contributed by atoms with van der Waals surface area (Å²) in [5.74, 6) is -6.34. The van der Waals surface area contributed by atoms with Crippen LogP contribution in [0.25, 0.3) is 0 Å². The van der Waals surface area contributed by atoms with Gasteiger partial charge in [0.15, 0.2) is 5.96 Å². The van der Waals surface area contributed by atoms with Gasteiger partial charge in [-0.25, -0.2) is 0 Å². The molecule has 4 amide bonds. The zero-order valence-corrected chi connectivity index (χ0v) is 17.8. The Morgan fingerprint density at radius 3 is 1.94 bits per heavy atom. The number of nitrogens with zero attached hydrogens (tertiary/aromatic N) is 1. The minimum Gasteiger partial charge on any atom is -0.481 e. The third kappa shape index (κ3) is 13.9. The molecule has 3 unspecified atom stereocenters. The molecule has 0 fully saturated rings. The molecule has 0 heterocycles. The van der Waals surface area contributed by atoms with Crippen molar-refractivity contribution in [1.29, 1.82) is 0 Å². The second-order valence-corrected chi connectivity index (χ2v) is 6.89. The number of amides is 4. The summed E-state index contributed by atoms with van der Waals surface area (Å²) in [5, 5.41) is 24.0. The Morgan fingerprint density at radius 1 is 0.818 bits per heavy atom. The van der Waals surface area contributed by atoms with E-state index in [0.717, 1.165) is 0 Å². The highest BCUT2D eigenvalue weighted by Gasteiger charge is 2.29. The summed E-state index contributed by atoms with van der Waals surface area (Å²) in [7, 11) is 0. The molecule has 0 saturated heterocycles. The molecule has 0 aromatic carbocycles. The quantitative estimate of drug-likeness (QED) is 0.0581. The van der Waals surface area contributed by atoms with Crippen LogP contribution in [-0.2, 0) is 28.8 Å². The lowest BCUT2D eigenvalue weighted by Gasteiger charge is -2.23. The molecule has 0 bridgehead atoms. The number of nitrogens with one attached hydrogen (secondary N) is 3. The monoisotopic (exact) mass is 474 g/mol. The first-order valence-corrected chi connectivity index (χ1v) is 9.74. The van der Waals surface area contributed by atoms with E-state index < -0.39 is 73.1 Å². The fourth-order valence-electron chi connectivity index (χ4n) is 2.43. The Morgan fingerprint density at radius 2 is 1.42 bits per heavy atom. The predicted octanol–water partition coefficient (Wildman–Crippen LogP) is -4.72. The number of hydrogen-bond acceptors (Lipinski definition) is 8. The minimum atomic E-state index is -1.52. The van der Waals surface area contributed by atoms with E-state index in [9.17, 15) is 28.8 Å². The predicted molar refractivity (Wildman–Crippen MR) is 113 cm³/mol. The van der Waals surface area contributed by atoms with E-state index in [1.807, 2.05) is 0 Å². The number of aliphatic carboxylic acids is 2. The van der Waals surface area contributed by atoms with Crippen LogP contribution in [-0.4, -0.2) is 83.0 Å². The zero-order chi connectivity index (χ0) is 25.6. The Labute approximate surface area is 188 Å². The van der Waals surface area contributed by atoms with Crippen molar-refractivity contribution in [3.05, 3.63) is 0 Å². The summed E-state index contributed by atoms with van der Waals surface area (Å²) >= 11 is 0. The van der Waals surface area contributed by atoms with Gasteiger partial charge in [-0.15, -0.1) is 0 Å². The molecule has 186 valence electrons. The third-order valence-electron chi connectivity index (χ3n) is 4.04. The largest absolute Gasteiger partial charge is 0.481 e. The first-order valence-electron chi connectivity index (χ1n) is 9.74. The number of hydrogen-bond donors (Lipinski definition) is 9. The maximum atomic E-state index is 12.7. The first kappa shape index (κ1) is 29.1. The number of primary amides is 1. The maximum absolute atomic E-state index is 12.7. The zero-order valence-electron chi connectivity index (χ0n) is 17.8. The number of carbonyl (C=O) groups is 6. The molecule has 0 spiro atoms. The van der Waals surface area contributed by atoms with Crippen LogP contribution < -0.4 is 38.9 Å². The Balaban J connectivity index is 5.32. The highest BCUT2D eigenvalue weighted by molar-refractivity contribution is 5.95. The van der Waals surface area contributed by atoms with Gasteiger partial charge in [0.05, 0.1) is 12.5 Å². The van der Waals surface area contributed by atoms with Gasteiger partial charge in [-0.1, -0.05) is 0 Å². The van der Waals surface area contributed by atoms with E-state index in [-0.39, 0.29) is 31.8 Å². The van der Waals surface area contributed by atoms with Crippen LogP contribution >= 0.6 is 0 Å². The lowest BCUT2D eigenvalue weighted by Crippen LogP contribution is -2.56. The van der Waals surface area contributed by atoms with Crippen LogP contribution in [0.1, 0.15) is 32.1 Å². The lowest BCUT2D eigenvalue weighted by atomic mass is 10.1. The number of carboxylic acids is 2. The second kappa shape index (κ2) is 15.0. The van der Waals surface area contributed by atoms with E-state index in [1.54, 1.807) is 0 Å². The highest BCUT2D eigenvalue weighted by Crippen LogP contribution is 2.03. The molecule has 33 heavy (non-hydrogen) atoms. The summed E-state index contributed by atoms with van der Waals surface area (Å²) in [5.41, 5.74) is 21.1. The van der Waals surface area contributed by atoms with E-state index >= 15 is 0 Å². The summed E-state index contributed by atoms with van der Waals surface area (Å²) in [6, 6.07) is -4.05. The molecule has 0 aromatic rings. The molecule has 13 N–H and O–H groups in total. The van der Waals surface area contributed by atoms with Gasteiger partial charge in [-0.05, 0) is 19.3 Å². The maximum Gasteiger partial charge on any atom is 0.322 e. The molecule has 0 aromatic heterocycles. The van der Waals surface area contributed by atoms with Gasteiger partial charge in [-0.2, -0.15) is 0 Å². The summed E-state index contributed by atoms with van der Waals surface area (Å²) in [4.78, 5) is 73.6. The van der Waals surface area contributed by atoms with Gasteiger partial charge in [0.2, 0.25) is 23.6 Å². The third-order valence-corrected chi connectivity index (χ3v) is 4.04. The average Bonchev–Trinajstić information content (AvgIpc) is 2.70. The number of guanidine groups is 1. The minimum absolute atomic E-state index is 0.0106. The van der Waals surface area contributed by atoms with Crippen LogP contribution in [0.4, 0.5) is 0 Å². The molecule has 0 saturated carbocycles. The molecule has 0 aliphatic rings. The molecule has 0 aliphatic carbocycles. The Bertz CT molecular complexity index is 768. The van der Waals surface area contributed by atoms with Crippen LogP contribution in [0.3, 0.4) is 0 Å². The molecule has 0 aliphatic heterocycles. The average molecular weight is 474 g/mol. The fourth-order valence-corrected chi connectivity index (χ4v) is 2.43. The number of rotatable bonds is 16. The molecule has 3 atom stereocenters. The molecule has 0 rings (SSSR count). The van der Waals surface area contributed by atoms with Crippen LogP contribution in [0.5, 0.6) is 0 Å². The van der Waals surface area contributed by atoms with Gasteiger partial charge in [0, 0.05) is 13.0 Å². The van der Waals surface area contributed by atoms with Crippen molar-refractivity contribution < 1.29 is 39.0 Å². The van der Waals surface area contributed by atoms with Crippen LogP contribution in [0.2, 0.25) is 0 Å². The van der Waals surface area contributed by atoms with Crippen molar-refractivity contribution in [3.63, 3.8) is 0 Å². The van der Waals surface area contributed by atoms with Crippen LogP contribution in [0, 0.1) is 0 Å². The van der Waals surface area contributed by atoms with E-state index in [4.69, 9.17) is 33.1 Å². The topological polar surface area (TPSA) is 295 Å². The summed E-state index contributed by atoms with van der Waals surface area (Å²) in [6.07, 6.45) is -1.06. The normalized spacial score (nSPS) is 13.0. The molecular formula is C17H30N8O8. The Hall–Kier alpha value is -3.95. The van der Waals surface area contributed by atoms with Crippen molar-refractivity contribution >= 4 is 41.5 Å². The highest BCUT2D eigenvalue weighted by atomic mass is 16.4. The number of carboxylic acid groups (broad SMARTS) is 2. The number of nitrogens with two attached hydrogens (primary N) is 4. The molecule has 16 nitrogen and oxygen atoms in total. The second-order valence-electron chi connectivity index (χ2n) is 6.89. The van der Waals surface area contributed by atoms with E-state index in [1.165, 1.54) is 0 Å². The van der Waals surface area contributed by atoms with Crippen molar-refractivity contribution in [3.8, 4) is 0 Å². The van der Waals surface area contributed by atoms with Crippen molar-refractivity contribution in [2.24, 2.45) is 27.9 Å². The lowest BCUT2D eigenvalue weighted by molar-refractivity contribution is -0.139. The van der Waals surface area contributed by atoms with Gasteiger partial charge in [0.1, 0.15) is 18.6 Å². The first-order chi connectivity index (χ1) is 15.3. The number of aliphatic imine (C=N–C) groups is 1. The fraction of sp³-hybridized carbons (Fsp3) is 0.588. The van der Waals surface area contributed by atoms with Crippen LogP contribution in [0.15, 0.2) is 4.99 Å². The summed E-state index contributed by atoms with van der Waals surface area (Å²) in [6.45, 7) is -0.597. The van der Waals surface area contributed by atoms with Gasteiger partial charge >= 0.3 is 11.9 Å². The van der Waals surface area contributed by atoms with Crippen molar-refractivity contribution in [1.82, 2.24) is 16.0 Å². The summed E-state index contributed by atoms with van der Waals surface area (Å²) < 4.78 is 0. The van der Waals surface area contributed by atoms with E-state index in [2.05, 4.69) is 20.9 Å². The standard InChI is InChI=1S/C17H30N8O8/c18-8(3-4-12(27)28)14(31)25-10(6-11(19)26)16(33)24-9(2-1-5-22-17(20)21)15(32)23-7-13(29)30/h8-10H,1-7,18H2,(H2,19,26)(H,23,32)(H,24,33)(H,25,31)(H,27,28)(H,29,30)(H4,20,21,22). The molecule has 16 heteroatoms. The van der Waals surface area contributed by atoms with Crippen molar-refractivity contribution in [2.75, 3.05) is 13.1 Å².